The van der Waals surface area contributed by atoms with Crippen molar-refractivity contribution in [3.63, 3.8) is 0 Å². The van der Waals surface area contributed by atoms with Crippen LogP contribution in [0.25, 0.3) is 0 Å². The van der Waals surface area contributed by atoms with E-state index in [0.717, 1.165) is 10.5 Å². The van der Waals surface area contributed by atoms with Gasteiger partial charge in [0.2, 0.25) is 12.3 Å². The molecule has 0 atom stereocenters. The van der Waals surface area contributed by atoms with E-state index in [1.54, 1.807) is 48.5 Å². The van der Waals surface area contributed by atoms with Crippen molar-refractivity contribution < 1.29 is 19.0 Å². The fraction of sp³-hybridized carbons (Fsp3) is 0.0909. The van der Waals surface area contributed by atoms with Crippen molar-refractivity contribution in [2.45, 2.75) is 13.5 Å². The molecular formula is C22H18BrN2O3+. The highest BCUT2D eigenvalue weighted by atomic mass is 79.9. The standard InChI is InChI=1S/C22H17N2O3.BrH/c1-15-10-12-23(13-11-15)14-20(25)16-6-8-17(9-7-16)24-21(26)18-4-2-3-5-19(18)22(24)27;/h2-13H,14H2,1H3;1H/q+1;. The maximum atomic E-state index is 12.5. The number of imide groups is 1. The molecule has 6 heteroatoms. The van der Waals surface area contributed by atoms with Gasteiger partial charge in [0.1, 0.15) is 0 Å². The molecule has 1 aliphatic rings. The Balaban J connectivity index is 0.00000225. The first-order valence-electron chi connectivity index (χ1n) is 8.61. The quantitative estimate of drug-likeness (QED) is 0.356. The van der Waals surface area contributed by atoms with E-state index >= 15 is 0 Å². The lowest BCUT2D eigenvalue weighted by Crippen LogP contribution is -2.37. The number of pyridine rings is 1. The number of ketones is 1. The molecule has 3 aromatic rings. The molecule has 0 spiro atoms. The summed E-state index contributed by atoms with van der Waals surface area (Å²) in [5.41, 5.74) is 2.92. The molecule has 2 amide bonds. The second kappa shape index (κ2) is 7.86. The van der Waals surface area contributed by atoms with Crippen LogP contribution in [0.15, 0.2) is 73.1 Å². The van der Waals surface area contributed by atoms with E-state index in [1.807, 2.05) is 36.0 Å². The number of benzene rings is 2. The van der Waals surface area contributed by atoms with Crippen LogP contribution in [0.3, 0.4) is 0 Å². The number of aryl methyl sites for hydroxylation is 1. The van der Waals surface area contributed by atoms with Crippen molar-refractivity contribution in [3.8, 4) is 0 Å². The fourth-order valence-corrected chi connectivity index (χ4v) is 3.11. The highest BCUT2D eigenvalue weighted by Gasteiger charge is 2.36. The van der Waals surface area contributed by atoms with Crippen molar-refractivity contribution in [3.05, 3.63) is 95.3 Å². The number of nitrogens with zero attached hydrogens (tertiary/aromatic N) is 2. The van der Waals surface area contributed by atoms with E-state index in [9.17, 15) is 14.4 Å². The molecule has 0 aliphatic carbocycles. The van der Waals surface area contributed by atoms with Crippen molar-refractivity contribution in [1.82, 2.24) is 0 Å². The van der Waals surface area contributed by atoms with Crippen molar-refractivity contribution in [2.75, 3.05) is 4.90 Å². The minimum Gasteiger partial charge on any atom is -0.287 e. The van der Waals surface area contributed by atoms with Gasteiger partial charge in [0.15, 0.2) is 12.4 Å². The number of carbonyl (C=O) groups excluding carboxylic acids is 3. The SMILES string of the molecule is Br.Cc1cc[n+](CC(=O)c2ccc(N3C(=O)c4ccccc4C3=O)cc2)cc1. The summed E-state index contributed by atoms with van der Waals surface area (Å²) in [6, 6.07) is 17.2. The predicted octanol–water partition coefficient (Wildman–Crippen LogP) is 3.54. The molecule has 2 heterocycles. The zero-order valence-corrected chi connectivity index (χ0v) is 16.9. The normalized spacial score (nSPS) is 12.5. The molecule has 1 aliphatic heterocycles. The van der Waals surface area contributed by atoms with Gasteiger partial charge >= 0.3 is 0 Å². The summed E-state index contributed by atoms with van der Waals surface area (Å²) >= 11 is 0. The topological polar surface area (TPSA) is 58.3 Å². The second-order valence-corrected chi connectivity index (χ2v) is 6.51. The average molecular weight is 438 g/mol. The third kappa shape index (κ3) is 3.51. The van der Waals surface area contributed by atoms with Gasteiger partial charge < -0.3 is 0 Å². The van der Waals surface area contributed by atoms with E-state index < -0.39 is 0 Å². The molecule has 0 fully saturated rings. The average Bonchev–Trinajstić information content (AvgIpc) is 2.95. The Kier molecular flexibility index (Phi) is 5.51. The number of hydrogen-bond donors (Lipinski definition) is 0. The number of anilines is 1. The van der Waals surface area contributed by atoms with E-state index in [-0.39, 0.29) is 41.1 Å². The van der Waals surface area contributed by atoms with Gasteiger partial charge in [0.25, 0.3) is 11.8 Å². The van der Waals surface area contributed by atoms with Crippen molar-refractivity contribution >= 4 is 40.3 Å². The summed E-state index contributed by atoms with van der Waals surface area (Å²) in [5, 5.41) is 0. The Bertz CT molecular complexity index is 1020. The van der Waals surface area contributed by atoms with Crippen LogP contribution in [-0.2, 0) is 6.54 Å². The van der Waals surface area contributed by atoms with Crippen molar-refractivity contribution in [2.24, 2.45) is 0 Å². The van der Waals surface area contributed by atoms with Crippen LogP contribution in [0.1, 0.15) is 36.6 Å². The molecule has 0 bridgehead atoms. The van der Waals surface area contributed by atoms with Gasteiger partial charge in [0.05, 0.1) is 16.8 Å². The van der Waals surface area contributed by atoms with Crippen LogP contribution in [0, 0.1) is 6.92 Å². The number of carbonyl (C=O) groups is 3. The summed E-state index contributed by atoms with van der Waals surface area (Å²) in [4.78, 5) is 38.7. The first kappa shape index (κ1) is 19.6. The van der Waals surface area contributed by atoms with E-state index in [0.29, 0.717) is 22.4 Å². The van der Waals surface area contributed by atoms with Crippen molar-refractivity contribution in [1.29, 1.82) is 0 Å². The minimum absolute atomic E-state index is 0. The van der Waals surface area contributed by atoms with Crippen LogP contribution in [-0.4, -0.2) is 17.6 Å². The van der Waals surface area contributed by atoms with Gasteiger partial charge in [-0.2, -0.15) is 4.57 Å². The van der Waals surface area contributed by atoms with Gasteiger partial charge in [-0.1, -0.05) is 12.1 Å². The maximum absolute atomic E-state index is 12.5. The summed E-state index contributed by atoms with van der Waals surface area (Å²) in [5.74, 6) is -0.729. The largest absolute Gasteiger partial charge is 0.287 e. The molecule has 0 saturated heterocycles. The Morgan fingerprint density at radius 2 is 1.39 bits per heavy atom. The van der Waals surface area contributed by atoms with Crippen LogP contribution < -0.4 is 9.47 Å². The molecule has 28 heavy (non-hydrogen) atoms. The fourth-order valence-electron chi connectivity index (χ4n) is 3.11. The summed E-state index contributed by atoms with van der Waals surface area (Å²) in [7, 11) is 0. The number of hydrogen-bond acceptors (Lipinski definition) is 3. The number of fused-ring (bicyclic) bond motifs is 1. The number of aromatic nitrogens is 1. The second-order valence-electron chi connectivity index (χ2n) is 6.51. The Labute approximate surface area is 173 Å². The summed E-state index contributed by atoms with van der Waals surface area (Å²) < 4.78 is 1.81. The minimum atomic E-state index is -0.343. The first-order chi connectivity index (χ1) is 13.0. The van der Waals surface area contributed by atoms with Crippen LogP contribution >= 0.6 is 17.0 Å². The van der Waals surface area contributed by atoms with Gasteiger partial charge in [-0.05, 0) is 48.9 Å². The first-order valence-corrected chi connectivity index (χ1v) is 8.61. The van der Waals surface area contributed by atoms with E-state index in [2.05, 4.69) is 0 Å². The predicted molar refractivity (Wildman–Crippen MR) is 110 cm³/mol. The molecule has 0 saturated carbocycles. The number of rotatable bonds is 4. The molecule has 2 aromatic carbocycles. The molecule has 0 N–H and O–H groups in total. The number of halogens is 1. The van der Waals surface area contributed by atoms with Gasteiger partial charge in [0, 0.05) is 17.7 Å². The molecule has 1 aromatic heterocycles. The molecule has 0 unspecified atom stereocenters. The molecule has 5 nitrogen and oxygen atoms in total. The molecule has 0 radical (unpaired) electrons. The molecule has 4 rings (SSSR count). The Hall–Kier alpha value is -3.12. The zero-order valence-electron chi connectivity index (χ0n) is 15.2. The molecular weight excluding hydrogens is 420 g/mol. The zero-order chi connectivity index (χ0) is 19.0. The van der Waals surface area contributed by atoms with E-state index in [4.69, 9.17) is 0 Å². The number of amides is 2. The number of Topliss-reactive ketones (excluding diaryl/α,β-unsaturated/α-hetero) is 1. The highest BCUT2D eigenvalue weighted by Crippen LogP contribution is 2.28. The van der Waals surface area contributed by atoms with Gasteiger partial charge in [-0.3, -0.25) is 14.4 Å². The summed E-state index contributed by atoms with van der Waals surface area (Å²) in [6.45, 7) is 2.22. The lowest BCUT2D eigenvalue weighted by molar-refractivity contribution is -0.683. The lowest BCUT2D eigenvalue weighted by atomic mass is 10.1. The van der Waals surface area contributed by atoms with Crippen LogP contribution in [0.4, 0.5) is 5.69 Å². The lowest BCUT2D eigenvalue weighted by Gasteiger charge is -2.14. The van der Waals surface area contributed by atoms with E-state index in [1.165, 1.54) is 0 Å². The highest BCUT2D eigenvalue weighted by molar-refractivity contribution is 8.93. The van der Waals surface area contributed by atoms with Crippen LogP contribution in [0.5, 0.6) is 0 Å². The Morgan fingerprint density at radius 1 is 0.857 bits per heavy atom. The van der Waals surface area contributed by atoms with Crippen LogP contribution in [0.2, 0.25) is 0 Å². The monoisotopic (exact) mass is 437 g/mol. The van der Waals surface area contributed by atoms with Gasteiger partial charge in [-0.15, -0.1) is 17.0 Å². The third-order valence-corrected chi connectivity index (χ3v) is 4.63. The smallest absolute Gasteiger partial charge is 0.266 e. The summed E-state index contributed by atoms with van der Waals surface area (Å²) in [6.07, 6.45) is 3.72. The Morgan fingerprint density at radius 3 is 1.93 bits per heavy atom. The third-order valence-electron chi connectivity index (χ3n) is 4.63. The maximum Gasteiger partial charge on any atom is 0.266 e. The van der Waals surface area contributed by atoms with Gasteiger partial charge in [-0.25, -0.2) is 4.90 Å². The molecule has 140 valence electrons.